The van der Waals surface area contributed by atoms with Crippen molar-refractivity contribution in [2.24, 2.45) is 5.92 Å². The lowest BCUT2D eigenvalue weighted by Gasteiger charge is -2.32. The fraction of sp³-hybridized carbons (Fsp3) is 0.222. The Bertz CT molecular complexity index is 1470. The van der Waals surface area contributed by atoms with Crippen LogP contribution in [0.3, 0.4) is 0 Å². The van der Waals surface area contributed by atoms with E-state index in [0.29, 0.717) is 22.5 Å². The van der Waals surface area contributed by atoms with Gasteiger partial charge in [-0.15, -0.1) is 0 Å². The third-order valence-corrected chi connectivity index (χ3v) is 6.27. The second kappa shape index (κ2) is 10.2. The summed E-state index contributed by atoms with van der Waals surface area (Å²) in [6.07, 6.45) is 0. The fourth-order valence-electron chi connectivity index (χ4n) is 4.06. The molecule has 0 spiro atoms. The van der Waals surface area contributed by atoms with E-state index in [2.05, 4.69) is 0 Å². The van der Waals surface area contributed by atoms with Gasteiger partial charge >= 0.3 is 0 Å². The number of hydrogen-bond donors (Lipinski definition) is 0. The monoisotopic (exact) mass is 511 g/mol. The molecule has 0 saturated carbocycles. The molecular formula is C27H24Cl2FN3O2. The van der Waals surface area contributed by atoms with Crippen molar-refractivity contribution in [3.05, 3.63) is 104 Å². The summed E-state index contributed by atoms with van der Waals surface area (Å²) in [4.78, 5) is 33.6. The first kappa shape index (κ1) is 24.9. The van der Waals surface area contributed by atoms with Crippen LogP contribution in [0.1, 0.15) is 43.0 Å². The van der Waals surface area contributed by atoms with Crippen LogP contribution in [-0.2, 0) is 0 Å². The van der Waals surface area contributed by atoms with Gasteiger partial charge in [0.1, 0.15) is 11.6 Å². The molecular weight excluding hydrogens is 488 g/mol. The summed E-state index contributed by atoms with van der Waals surface area (Å²) in [6.45, 7) is 6.10. The van der Waals surface area contributed by atoms with Gasteiger partial charge in [-0.2, -0.15) is 0 Å². The number of benzene rings is 3. The van der Waals surface area contributed by atoms with Gasteiger partial charge in [-0.25, -0.2) is 9.37 Å². The minimum absolute atomic E-state index is 0.0686. The molecule has 0 aliphatic carbocycles. The van der Waals surface area contributed by atoms with Crippen LogP contribution >= 0.6 is 23.2 Å². The third-order valence-electron chi connectivity index (χ3n) is 5.72. The van der Waals surface area contributed by atoms with Crippen LogP contribution in [0.2, 0.25) is 10.0 Å². The quantitative estimate of drug-likeness (QED) is 0.289. The van der Waals surface area contributed by atoms with Gasteiger partial charge in [-0.05, 0) is 55.3 Å². The lowest BCUT2D eigenvalue weighted by molar-refractivity contribution is 0.0655. The van der Waals surface area contributed by atoms with E-state index >= 15 is 0 Å². The highest BCUT2D eigenvalue weighted by Crippen LogP contribution is 2.29. The molecule has 180 valence electrons. The van der Waals surface area contributed by atoms with E-state index < -0.39 is 17.4 Å². The zero-order valence-corrected chi connectivity index (χ0v) is 21.0. The second-order valence-electron chi connectivity index (χ2n) is 8.73. The van der Waals surface area contributed by atoms with Crippen LogP contribution in [0.25, 0.3) is 16.6 Å². The van der Waals surface area contributed by atoms with Gasteiger partial charge in [0, 0.05) is 11.6 Å². The van der Waals surface area contributed by atoms with E-state index in [1.165, 1.54) is 22.8 Å². The van der Waals surface area contributed by atoms with E-state index in [4.69, 9.17) is 28.2 Å². The summed E-state index contributed by atoms with van der Waals surface area (Å²) in [5, 5.41) is 0.996. The Morgan fingerprint density at radius 3 is 2.40 bits per heavy atom. The molecule has 0 radical (unpaired) electrons. The summed E-state index contributed by atoms with van der Waals surface area (Å²) in [7, 11) is 0. The second-order valence-corrected chi connectivity index (χ2v) is 9.57. The number of rotatable bonds is 6. The number of carbonyl (C=O) groups is 1. The predicted molar refractivity (Wildman–Crippen MR) is 138 cm³/mol. The number of amides is 1. The van der Waals surface area contributed by atoms with Crippen LogP contribution in [0.15, 0.2) is 71.5 Å². The Morgan fingerprint density at radius 1 is 1.03 bits per heavy atom. The normalized spacial score (nSPS) is 12.2. The molecule has 5 nitrogen and oxygen atoms in total. The van der Waals surface area contributed by atoms with Crippen molar-refractivity contribution in [1.82, 2.24) is 14.5 Å². The van der Waals surface area contributed by atoms with Crippen LogP contribution in [0.4, 0.5) is 4.39 Å². The number of carbonyl (C=O) groups excluding carboxylic acids is 1. The SMILES string of the molecule is CC(C)CN(C(=O)c1ccc(Cl)cc1Cl)C(C)c1nc2ccccc2c(=O)n1-c1ccccc1F. The molecule has 0 fully saturated rings. The molecule has 0 N–H and O–H groups in total. The van der Waals surface area contributed by atoms with Crippen molar-refractivity contribution in [2.75, 3.05) is 6.54 Å². The first-order valence-electron chi connectivity index (χ1n) is 11.2. The zero-order valence-electron chi connectivity index (χ0n) is 19.5. The van der Waals surface area contributed by atoms with Gasteiger partial charge in [0.25, 0.3) is 11.5 Å². The topological polar surface area (TPSA) is 55.2 Å². The van der Waals surface area contributed by atoms with Crippen molar-refractivity contribution in [1.29, 1.82) is 0 Å². The Morgan fingerprint density at radius 2 is 1.71 bits per heavy atom. The number of fused-ring (bicyclic) bond motifs is 1. The van der Waals surface area contributed by atoms with Crippen LogP contribution in [-0.4, -0.2) is 26.9 Å². The maximum absolute atomic E-state index is 14.9. The molecule has 3 aromatic carbocycles. The van der Waals surface area contributed by atoms with Gasteiger partial charge in [-0.3, -0.25) is 14.2 Å². The molecule has 4 aromatic rings. The Labute approximate surface area is 212 Å². The molecule has 0 bridgehead atoms. The van der Waals surface area contributed by atoms with Gasteiger partial charge in [0.2, 0.25) is 0 Å². The van der Waals surface area contributed by atoms with Gasteiger partial charge in [0.15, 0.2) is 0 Å². The van der Waals surface area contributed by atoms with Crippen molar-refractivity contribution in [3.63, 3.8) is 0 Å². The van der Waals surface area contributed by atoms with E-state index in [1.54, 1.807) is 60.4 Å². The van der Waals surface area contributed by atoms with Crippen molar-refractivity contribution < 1.29 is 9.18 Å². The summed E-state index contributed by atoms with van der Waals surface area (Å²) >= 11 is 12.4. The Hall–Kier alpha value is -3.22. The summed E-state index contributed by atoms with van der Waals surface area (Å²) in [5.41, 5.74) is 0.403. The van der Waals surface area contributed by atoms with E-state index in [-0.39, 0.29) is 33.9 Å². The maximum atomic E-state index is 14.9. The largest absolute Gasteiger partial charge is 0.328 e. The molecule has 4 rings (SSSR count). The number of aromatic nitrogens is 2. The molecule has 1 heterocycles. The van der Waals surface area contributed by atoms with E-state index in [1.807, 2.05) is 13.8 Å². The van der Waals surface area contributed by atoms with Gasteiger partial charge in [0.05, 0.1) is 33.2 Å². The lowest BCUT2D eigenvalue weighted by atomic mass is 10.1. The highest BCUT2D eigenvalue weighted by Gasteiger charge is 2.29. The summed E-state index contributed by atoms with van der Waals surface area (Å²) < 4.78 is 16.2. The fourth-order valence-corrected chi connectivity index (χ4v) is 4.55. The standard InChI is InChI=1S/C27H24Cl2FN3O2/c1-16(2)15-32(26(34)19-13-12-18(28)14-21(19)29)17(3)25-31-23-10-6-4-8-20(23)27(35)33(25)24-11-7-5-9-22(24)30/h4-14,16-17H,15H2,1-3H3. The Balaban J connectivity index is 1.94. The first-order valence-corrected chi connectivity index (χ1v) is 12.0. The van der Waals surface area contributed by atoms with Crippen molar-refractivity contribution in [3.8, 4) is 5.69 Å². The summed E-state index contributed by atoms with van der Waals surface area (Å²) in [6, 6.07) is 16.9. The van der Waals surface area contributed by atoms with Gasteiger partial charge < -0.3 is 4.90 Å². The van der Waals surface area contributed by atoms with E-state index in [0.717, 1.165) is 0 Å². The molecule has 1 atom stereocenters. The average molecular weight is 512 g/mol. The Kier molecular flexibility index (Phi) is 7.24. The number of halogens is 3. The molecule has 0 saturated heterocycles. The highest BCUT2D eigenvalue weighted by molar-refractivity contribution is 6.36. The average Bonchev–Trinajstić information content (AvgIpc) is 2.82. The zero-order chi connectivity index (χ0) is 25.3. The highest BCUT2D eigenvalue weighted by atomic mass is 35.5. The van der Waals surface area contributed by atoms with Crippen LogP contribution in [0, 0.1) is 11.7 Å². The van der Waals surface area contributed by atoms with Crippen molar-refractivity contribution >= 4 is 40.0 Å². The number of para-hydroxylation sites is 2. The first-order chi connectivity index (χ1) is 16.7. The molecule has 35 heavy (non-hydrogen) atoms. The predicted octanol–water partition coefficient (Wildman–Crippen LogP) is 6.69. The van der Waals surface area contributed by atoms with Crippen LogP contribution in [0.5, 0.6) is 0 Å². The van der Waals surface area contributed by atoms with Crippen molar-refractivity contribution in [2.45, 2.75) is 26.8 Å². The van der Waals surface area contributed by atoms with Crippen LogP contribution < -0.4 is 5.56 Å². The molecule has 8 heteroatoms. The number of nitrogens with zero attached hydrogens (tertiary/aromatic N) is 3. The molecule has 0 aliphatic heterocycles. The lowest BCUT2D eigenvalue weighted by Crippen LogP contribution is -2.39. The minimum Gasteiger partial charge on any atom is -0.328 e. The third kappa shape index (κ3) is 4.95. The molecule has 1 aromatic heterocycles. The maximum Gasteiger partial charge on any atom is 0.266 e. The van der Waals surface area contributed by atoms with Gasteiger partial charge in [-0.1, -0.05) is 61.3 Å². The van der Waals surface area contributed by atoms with E-state index in [9.17, 15) is 14.0 Å². The molecule has 0 aliphatic rings. The minimum atomic E-state index is -0.687. The smallest absolute Gasteiger partial charge is 0.266 e. The molecule has 1 amide bonds. The molecule has 1 unspecified atom stereocenters. The number of hydrogen-bond acceptors (Lipinski definition) is 3. The summed E-state index contributed by atoms with van der Waals surface area (Å²) in [5.74, 6) is -0.558.